The maximum Gasteiger partial charge on any atom is 0.102 e. The summed E-state index contributed by atoms with van der Waals surface area (Å²) in [5, 5.41) is 0.673. The number of rotatable bonds is 0. The van der Waals surface area contributed by atoms with Crippen molar-refractivity contribution in [2.75, 3.05) is 0 Å². The molecule has 1 aromatic carbocycles. The molecular weight excluding hydrogens is 180 g/mol. The lowest BCUT2D eigenvalue weighted by atomic mass is 10.3. The zero-order valence-corrected chi connectivity index (χ0v) is 7.15. The van der Waals surface area contributed by atoms with E-state index < -0.39 is 0 Å². The van der Waals surface area contributed by atoms with Gasteiger partial charge in [0, 0.05) is 9.92 Å². The number of thiol groups is 1. The first-order valence-corrected chi connectivity index (χ1v) is 3.91. The first kappa shape index (κ1) is 7.00. The lowest BCUT2D eigenvalue weighted by Gasteiger charge is -1.93. The molecule has 2 nitrogen and oxygen atoms in total. The molecule has 0 atom stereocenters. The van der Waals surface area contributed by atoms with Crippen molar-refractivity contribution in [3.63, 3.8) is 0 Å². The number of benzene rings is 1. The van der Waals surface area contributed by atoms with Crippen LogP contribution >= 0.6 is 24.2 Å². The van der Waals surface area contributed by atoms with Gasteiger partial charge in [-0.1, -0.05) is 11.6 Å². The van der Waals surface area contributed by atoms with Gasteiger partial charge in [0.05, 0.1) is 11.8 Å². The lowest BCUT2D eigenvalue weighted by Crippen LogP contribution is -1.72. The van der Waals surface area contributed by atoms with E-state index in [0.29, 0.717) is 5.02 Å². The topological polar surface area (TPSA) is 28.7 Å². The predicted molar refractivity (Wildman–Crippen MR) is 48.4 cm³/mol. The highest BCUT2D eigenvalue weighted by molar-refractivity contribution is 7.80. The third-order valence-corrected chi connectivity index (χ3v) is 2.03. The molecule has 4 heteroatoms. The number of nitrogens with one attached hydrogen (secondary N) is 1. The van der Waals surface area contributed by atoms with Gasteiger partial charge in [0.25, 0.3) is 0 Å². The molecule has 0 bridgehead atoms. The molecule has 0 fully saturated rings. The number of fused-ring (bicyclic) bond motifs is 1. The largest absolute Gasteiger partial charge is 0.345 e. The first-order valence-electron chi connectivity index (χ1n) is 3.09. The number of H-pyrrole nitrogens is 1. The van der Waals surface area contributed by atoms with Gasteiger partial charge in [-0.3, -0.25) is 0 Å². The predicted octanol–water partition coefficient (Wildman–Crippen LogP) is 2.51. The van der Waals surface area contributed by atoms with Crippen LogP contribution in [-0.4, -0.2) is 9.97 Å². The van der Waals surface area contributed by atoms with E-state index in [2.05, 4.69) is 22.6 Å². The summed E-state index contributed by atoms with van der Waals surface area (Å²) in [6.07, 6.45) is 1.63. The number of halogens is 1. The molecule has 0 spiro atoms. The summed E-state index contributed by atoms with van der Waals surface area (Å²) < 4.78 is 0. The maximum atomic E-state index is 5.78. The van der Waals surface area contributed by atoms with E-state index in [0.717, 1.165) is 15.9 Å². The summed E-state index contributed by atoms with van der Waals surface area (Å²) in [6.45, 7) is 0. The molecule has 2 rings (SSSR count). The van der Waals surface area contributed by atoms with Gasteiger partial charge in [-0.05, 0) is 12.1 Å². The number of imidazole rings is 1. The molecule has 0 amide bonds. The minimum Gasteiger partial charge on any atom is -0.345 e. The summed E-state index contributed by atoms with van der Waals surface area (Å²) in [6, 6.07) is 3.59. The van der Waals surface area contributed by atoms with E-state index in [-0.39, 0.29) is 0 Å². The molecule has 0 unspecified atom stereocenters. The van der Waals surface area contributed by atoms with Gasteiger partial charge in [-0.2, -0.15) is 0 Å². The van der Waals surface area contributed by atoms with Crippen LogP contribution in [0.4, 0.5) is 0 Å². The van der Waals surface area contributed by atoms with E-state index in [1.54, 1.807) is 12.4 Å². The average Bonchev–Trinajstić information content (AvgIpc) is 2.34. The monoisotopic (exact) mass is 184 g/mol. The van der Waals surface area contributed by atoms with E-state index >= 15 is 0 Å². The maximum absolute atomic E-state index is 5.78. The van der Waals surface area contributed by atoms with Crippen LogP contribution in [0.15, 0.2) is 23.4 Å². The van der Waals surface area contributed by atoms with Crippen LogP contribution < -0.4 is 0 Å². The number of hydrogen-bond acceptors (Lipinski definition) is 2. The SMILES string of the molecule is Sc1cc(Cl)cc2[nH]cnc12. The van der Waals surface area contributed by atoms with E-state index in [4.69, 9.17) is 11.6 Å². The average molecular weight is 185 g/mol. The number of aromatic nitrogens is 2. The highest BCUT2D eigenvalue weighted by Gasteiger charge is 2.00. The highest BCUT2D eigenvalue weighted by atomic mass is 35.5. The third kappa shape index (κ3) is 1.10. The van der Waals surface area contributed by atoms with Crippen LogP contribution in [0.5, 0.6) is 0 Å². The van der Waals surface area contributed by atoms with Crippen LogP contribution in [0, 0.1) is 0 Å². The molecule has 11 heavy (non-hydrogen) atoms. The molecule has 1 heterocycles. The van der Waals surface area contributed by atoms with Crippen molar-refractivity contribution in [2.24, 2.45) is 0 Å². The van der Waals surface area contributed by atoms with Crippen LogP contribution in [0.2, 0.25) is 5.02 Å². The zero-order chi connectivity index (χ0) is 7.84. The molecule has 0 saturated carbocycles. The second kappa shape index (κ2) is 2.43. The third-order valence-electron chi connectivity index (χ3n) is 1.47. The second-order valence-corrected chi connectivity index (χ2v) is 3.14. The molecule has 0 radical (unpaired) electrons. The van der Waals surface area contributed by atoms with Gasteiger partial charge in [0.15, 0.2) is 0 Å². The van der Waals surface area contributed by atoms with Gasteiger partial charge in [-0.25, -0.2) is 4.98 Å². The van der Waals surface area contributed by atoms with Crippen molar-refractivity contribution >= 4 is 35.3 Å². The van der Waals surface area contributed by atoms with Crippen molar-refractivity contribution < 1.29 is 0 Å². The van der Waals surface area contributed by atoms with Crippen LogP contribution in [0.25, 0.3) is 11.0 Å². The number of nitrogens with zero attached hydrogens (tertiary/aromatic N) is 1. The Morgan fingerprint density at radius 2 is 2.27 bits per heavy atom. The van der Waals surface area contributed by atoms with E-state index in [9.17, 15) is 0 Å². The number of hydrogen-bond donors (Lipinski definition) is 2. The van der Waals surface area contributed by atoms with Gasteiger partial charge in [0.2, 0.25) is 0 Å². The standard InChI is InChI=1S/C7H5ClN2S/c8-4-1-5-7(6(11)2-4)10-3-9-5/h1-3,11H,(H,9,10). The van der Waals surface area contributed by atoms with Crippen molar-refractivity contribution in [2.45, 2.75) is 4.90 Å². The normalized spacial score (nSPS) is 10.7. The van der Waals surface area contributed by atoms with Crippen molar-refractivity contribution in [3.05, 3.63) is 23.5 Å². The van der Waals surface area contributed by atoms with E-state index in [1.165, 1.54) is 0 Å². The summed E-state index contributed by atoms with van der Waals surface area (Å²) >= 11 is 10.0. The lowest BCUT2D eigenvalue weighted by molar-refractivity contribution is 1.33. The van der Waals surface area contributed by atoms with E-state index in [1.807, 2.05) is 6.07 Å². The fourth-order valence-corrected chi connectivity index (χ4v) is 1.61. The second-order valence-electron chi connectivity index (χ2n) is 2.22. The van der Waals surface area contributed by atoms with Gasteiger partial charge >= 0.3 is 0 Å². The Bertz CT molecular complexity index is 396. The molecule has 2 aromatic rings. The fourth-order valence-electron chi connectivity index (χ4n) is 0.997. The van der Waals surface area contributed by atoms with Gasteiger partial charge in [-0.15, -0.1) is 12.6 Å². The summed E-state index contributed by atoms with van der Waals surface area (Å²) in [7, 11) is 0. The van der Waals surface area contributed by atoms with Crippen molar-refractivity contribution in [3.8, 4) is 0 Å². The molecule has 56 valence electrons. The minimum absolute atomic E-state index is 0.673. The summed E-state index contributed by atoms with van der Waals surface area (Å²) in [4.78, 5) is 7.83. The molecule has 1 N–H and O–H groups in total. The molecular formula is C7H5ClN2S. The summed E-state index contributed by atoms with van der Waals surface area (Å²) in [5.74, 6) is 0. The zero-order valence-electron chi connectivity index (χ0n) is 5.50. The Morgan fingerprint density at radius 1 is 1.45 bits per heavy atom. The highest BCUT2D eigenvalue weighted by Crippen LogP contribution is 2.23. The smallest absolute Gasteiger partial charge is 0.102 e. The minimum atomic E-state index is 0.673. The molecule has 0 aliphatic heterocycles. The quantitative estimate of drug-likeness (QED) is 0.606. The Hall–Kier alpha value is -0.670. The molecule has 0 aliphatic carbocycles. The van der Waals surface area contributed by atoms with Crippen LogP contribution in [-0.2, 0) is 0 Å². The number of aromatic amines is 1. The van der Waals surface area contributed by atoms with Crippen LogP contribution in [0.1, 0.15) is 0 Å². The summed E-state index contributed by atoms with van der Waals surface area (Å²) in [5.41, 5.74) is 1.78. The molecule has 0 saturated heterocycles. The first-order chi connectivity index (χ1) is 5.27. The van der Waals surface area contributed by atoms with Gasteiger partial charge < -0.3 is 4.98 Å². The molecule has 0 aliphatic rings. The Labute approximate surface area is 74.0 Å². The van der Waals surface area contributed by atoms with Crippen LogP contribution in [0.3, 0.4) is 0 Å². The Balaban J connectivity index is 2.91. The van der Waals surface area contributed by atoms with Crippen molar-refractivity contribution in [1.29, 1.82) is 0 Å². The van der Waals surface area contributed by atoms with Crippen molar-refractivity contribution in [1.82, 2.24) is 9.97 Å². The Morgan fingerprint density at radius 3 is 3.09 bits per heavy atom. The Kier molecular flexibility index (Phi) is 1.55. The molecule has 1 aromatic heterocycles. The fraction of sp³-hybridized carbons (Fsp3) is 0. The van der Waals surface area contributed by atoms with Gasteiger partial charge in [0.1, 0.15) is 5.52 Å².